The van der Waals surface area contributed by atoms with Gasteiger partial charge in [0.05, 0.1) is 0 Å². The number of aromatic nitrogens is 2. The fourth-order valence-corrected chi connectivity index (χ4v) is 0.610. The van der Waals surface area contributed by atoms with Crippen LogP contribution in [-0.2, 0) is 0 Å². The highest BCUT2D eigenvalue weighted by molar-refractivity contribution is 5.39. The smallest absolute Gasteiger partial charge is 0.0493 e. The van der Waals surface area contributed by atoms with Crippen LogP contribution < -0.4 is 0 Å². The Labute approximate surface area is 54.8 Å². The van der Waals surface area contributed by atoms with Gasteiger partial charge in [0.2, 0.25) is 0 Å². The third-order valence-corrected chi connectivity index (χ3v) is 1.28. The molecular weight excluding hydrogens is 112 g/mol. The third kappa shape index (κ3) is 1.19. The van der Waals surface area contributed by atoms with Crippen LogP contribution >= 0.6 is 0 Å². The SMILES string of the molecule is C/C=C(\C)n1cccn1. The number of rotatable bonds is 1. The van der Waals surface area contributed by atoms with Crippen molar-refractivity contribution in [1.29, 1.82) is 0 Å². The Balaban J connectivity index is 2.90. The van der Waals surface area contributed by atoms with E-state index in [9.17, 15) is 0 Å². The van der Waals surface area contributed by atoms with Gasteiger partial charge in [0.1, 0.15) is 0 Å². The van der Waals surface area contributed by atoms with Crippen molar-refractivity contribution in [1.82, 2.24) is 9.78 Å². The molecule has 1 heterocycles. The summed E-state index contributed by atoms with van der Waals surface area (Å²) >= 11 is 0. The van der Waals surface area contributed by atoms with Gasteiger partial charge in [0.25, 0.3) is 0 Å². The lowest BCUT2D eigenvalue weighted by Gasteiger charge is -1.96. The maximum absolute atomic E-state index is 4.04. The molecule has 1 rings (SSSR count). The van der Waals surface area contributed by atoms with E-state index in [0.717, 1.165) is 5.70 Å². The van der Waals surface area contributed by atoms with Crippen molar-refractivity contribution in [2.24, 2.45) is 0 Å². The van der Waals surface area contributed by atoms with Crippen molar-refractivity contribution in [3.05, 3.63) is 24.5 Å². The molecule has 9 heavy (non-hydrogen) atoms. The van der Waals surface area contributed by atoms with Crippen LogP contribution in [0.25, 0.3) is 5.70 Å². The summed E-state index contributed by atoms with van der Waals surface area (Å²) in [5, 5.41) is 4.04. The summed E-state index contributed by atoms with van der Waals surface area (Å²) in [7, 11) is 0. The molecule has 0 saturated heterocycles. The van der Waals surface area contributed by atoms with Crippen molar-refractivity contribution in [2.75, 3.05) is 0 Å². The summed E-state index contributed by atoms with van der Waals surface area (Å²) in [6.07, 6.45) is 5.72. The van der Waals surface area contributed by atoms with Gasteiger partial charge in [0, 0.05) is 18.1 Å². The van der Waals surface area contributed by atoms with Crippen molar-refractivity contribution >= 4 is 5.70 Å². The fraction of sp³-hybridized carbons (Fsp3) is 0.286. The van der Waals surface area contributed by atoms with E-state index in [1.165, 1.54) is 0 Å². The molecule has 0 aliphatic rings. The summed E-state index contributed by atoms with van der Waals surface area (Å²) in [5.74, 6) is 0. The molecule has 0 radical (unpaired) electrons. The molecule has 0 amide bonds. The Morgan fingerprint density at radius 1 is 1.67 bits per heavy atom. The molecule has 1 aromatic heterocycles. The zero-order valence-electron chi connectivity index (χ0n) is 5.70. The molecule has 1 aromatic rings. The number of hydrogen-bond donors (Lipinski definition) is 0. The Morgan fingerprint density at radius 2 is 2.44 bits per heavy atom. The lowest BCUT2D eigenvalue weighted by Crippen LogP contribution is -1.91. The molecule has 0 fully saturated rings. The summed E-state index contributed by atoms with van der Waals surface area (Å²) < 4.78 is 1.83. The summed E-state index contributed by atoms with van der Waals surface area (Å²) in [6.45, 7) is 4.02. The van der Waals surface area contributed by atoms with Crippen LogP contribution in [0.2, 0.25) is 0 Å². The van der Waals surface area contributed by atoms with Crippen LogP contribution in [0, 0.1) is 0 Å². The molecule has 2 heteroatoms. The van der Waals surface area contributed by atoms with Gasteiger partial charge in [-0.2, -0.15) is 5.10 Å². The van der Waals surface area contributed by atoms with Gasteiger partial charge >= 0.3 is 0 Å². The molecule has 0 unspecified atom stereocenters. The van der Waals surface area contributed by atoms with Gasteiger partial charge < -0.3 is 0 Å². The van der Waals surface area contributed by atoms with Crippen molar-refractivity contribution in [2.45, 2.75) is 13.8 Å². The second-order valence-corrected chi connectivity index (χ2v) is 1.88. The Morgan fingerprint density at radius 3 is 2.89 bits per heavy atom. The Kier molecular flexibility index (Phi) is 1.68. The van der Waals surface area contributed by atoms with Gasteiger partial charge in [-0.3, -0.25) is 0 Å². The first-order valence-corrected chi connectivity index (χ1v) is 2.97. The first-order chi connectivity index (χ1) is 4.34. The molecule has 2 nitrogen and oxygen atoms in total. The second-order valence-electron chi connectivity index (χ2n) is 1.88. The Bertz CT molecular complexity index is 197. The first-order valence-electron chi connectivity index (χ1n) is 2.97. The average molecular weight is 122 g/mol. The highest BCUT2D eigenvalue weighted by Gasteiger charge is 1.87. The minimum atomic E-state index is 1.15. The van der Waals surface area contributed by atoms with Crippen LogP contribution in [0.5, 0.6) is 0 Å². The van der Waals surface area contributed by atoms with Gasteiger partial charge in [-0.15, -0.1) is 0 Å². The first kappa shape index (κ1) is 6.08. The maximum atomic E-state index is 4.04. The van der Waals surface area contributed by atoms with Crippen LogP contribution in [0.3, 0.4) is 0 Å². The predicted octanol–water partition coefficient (Wildman–Crippen LogP) is 1.76. The molecule has 0 aromatic carbocycles. The van der Waals surface area contributed by atoms with Gasteiger partial charge in [-0.25, -0.2) is 4.68 Å². The predicted molar refractivity (Wildman–Crippen MR) is 37.8 cm³/mol. The van der Waals surface area contributed by atoms with E-state index in [1.807, 2.05) is 36.9 Å². The normalized spacial score (nSPS) is 12.0. The minimum Gasteiger partial charge on any atom is -0.246 e. The number of nitrogens with zero attached hydrogens (tertiary/aromatic N) is 2. The molecular formula is C7H10N2. The largest absolute Gasteiger partial charge is 0.246 e. The highest BCUT2D eigenvalue weighted by atomic mass is 15.3. The standard InChI is InChI=1S/C7H10N2/c1-3-7(2)9-6-4-5-8-9/h3-6H,1-2H3/b7-3+. The monoisotopic (exact) mass is 122 g/mol. The van der Waals surface area contributed by atoms with E-state index in [4.69, 9.17) is 0 Å². The van der Waals surface area contributed by atoms with Crippen LogP contribution in [0.1, 0.15) is 13.8 Å². The molecule has 0 N–H and O–H groups in total. The van der Waals surface area contributed by atoms with Crippen LogP contribution in [0.4, 0.5) is 0 Å². The molecule has 0 aliphatic heterocycles. The lowest BCUT2D eigenvalue weighted by molar-refractivity contribution is 0.894. The molecule has 0 saturated carbocycles. The summed E-state index contributed by atoms with van der Waals surface area (Å²) in [4.78, 5) is 0. The van der Waals surface area contributed by atoms with Crippen molar-refractivity contribution in [3.63, 3.8) is 0 Å². The third-order valence-electron chi connectivity index (χ3n) is 1.28. The second kappa shape index (κ2) is 2.49. The zero-order chi connectivity index (χ0) is 6.69. The number of allylic oxidation sites excluding steroid dienone is 2. The lowest BCUT2D eigenvalue weighted by atomic mass is 10.5. The fourth-order valence-electron chi connectivity index (χ4n) is 0.610. The van der Waals surface area contributed by atoms with E-state index in [0.29, 0.717) is 0 Å². The zero-order valence-corrected chi connectivity index (χ0v) is 5.70. The van der Waals surface area contributed by atoms with Crippen LogP contribution in [0.15, 0.2) is 24.5 Å². The molecule has 0 atom stereocenters. The average Bonchev–Trinajstić information content (AvgIpc) is 2.37. The van der Waals surface area contributed by atoms with Gasteiger partial charge in [0.15, 0.2) is 0 Å². The Hall–Kier alpha value is -1.05. The quantitative estimate of drug-likeness (QED) is 0.555. The molecule has 48 valence electrons. The molecule has 0 bridgehead atoms. The summed E-state index contributed by atoms with van der Waals surface area (Å²) in [5.41, 5.74) is 1.15. The summed E-state index contributed by atoms with van der Waals surface area (Å²) in [6, 6.07) is 1.91. The van der Waals surface area contributed by atoms with Crippen LogP contribution in [-0.4, -0.2) is 9.78 Å². The van der Waals surface area contributed by atoms with E-state index in [1.54, 1.807) is 6.20 Å². The molecule has 0 aliphatic carbocycles. The van der Waals surface area contributed by atoms with Gasteiger partial charge in [-0.05, 0) is 19.9 Å². The van der Waals surface area contributed by atoms with E-state index >= 15 is 0 Å². The van der Waals surface area contributed by atoms with Crippen molar-refractivity contribution < 1.29 is 0 Å². The van der Waals surface area contributed by atoms with Gasteiger partial charge in [-0.1, -0.05) is 6.08 Å². The highest BCUT2D eigenvalue weighted by Crippen LogP contribution is 1.98. The van der Waals surface area contributed by atoms with E-state index in [-0.39, 0.29) is 0 Å². The minimum absolute atomic E-state index is 1.15. The topological polar surface area (TPSA) is 17.8 Å². The number of hydrogen-bond acceptors (Lipinski definition) is 1. The van der Waals surface area contributed by atoms with E-state index in [2.05, 4.69) is 5.10 Å². The van der Waals surface area contributed by atoms with E-state index < -0.39 is 0 Å². The maximum Gasteiger partial charge on any atom is 0.0493 e. The van der Waals surface area contributed by atoms with Crippen molar-refractivity contribution in [3.8, 4) is 0 Å². The molecule has 0 spiro atoms.